The van der Waals surface area contributed by atoms with Crippen LogP contribution in [0.1, 0.15) is 11.1 Å². The maximum absolute atomic E-state index is 11.1. The molecule has 0 aliphatic carbocycles. The molecule has 5 nitrogen and oxygen atoms in total. The number of benzene rings is 4. The third-order valence-electron chi connectivity index (χ3n) is 6.02. The predicted molar refractivity (Wildman–Crippen MR) is 135 cm³/mol. The summed E-state index contributed by atoms with van der Waals surface area (Å²) < 4.78 is 6.07. The van der Waals surface area contributed by atoms with Crippen molar-refractivity contribution in [2.75, 3.05) is 0 Å². The van der Waals surface area contributed by atoms with Gasteiger partial charge in [-0.3, -0.25) is 4.79 Å². The fourth-order valence-electron chi connectivity index (χ4n) is 4.34. The van der Waals surface area contributed by atoms with Crippen LogP contribution in [-0.2, 0) is 6.42 Å². The molecule has 0 saturated heterocycles. The number of hydrogen-bond donors (Lipinski definition) is 2. The fraction of sp³-hybridized carbons (Fsp3) is 0.0345. The summed E-state index contributed by atoms with van der Waals surface area (Å²) in [5.74, 6) is 2.76. The van der Waals surface area contributed by atoms with E-state index >= 15 is 0 Å². The van der Waals surface area contributed by atoms with Crippen LogP contribution in [0.15, 0.2) is 108 Å². The zero-order valence-electron chi connectivity index (χ0n) is 18.3. The highest BCUT2D eigenvalue weighted by Gasteiger charge is 2.21. The molecule has 0 unspecified atom stereocenters. The minimum Gasteiger partial charge on any atom is -0.457 e. The first-order valence-corrected chi connectivity index (χ1v) is 11.2. The highest BCUT2D eigenvalue weighted by molar-refractivity contribution is 5.81. The van der Waals surface area contributed by atoms with E-state index in [1.807, 2.05) is 78.9 Å². The molecule has 0 spiro atoms. The number of fused-ring (bicyclic) bond motifs is 4. The molecule has 0 fully saturated rings. The van der Waals surface area contributed by atoms with Crippen molar-refractivity contribution in [3.63, 3.8) is 0 Å². The monoisotopic (exact) mass is 443 g/mol. The molecule has 164 valence electrons. The van der Waals surface area contributed by atoms with Crippen LogP contribution < -0.4 is 10.3 Å². The molecule has 0 atom stereocenters. The van der Waals surface area contributed by atoms with Crippen LogP contribution in [0.5, 0.6) is 11.5 Å². The van der Waals surface area contributed by atoms with Crippen molar-refractivity contribution in [3.05, 3.63) is 125 Å². The number of nitrogens with zero attached hydrogens (tertiary/aromatic N) is 1. The Hall–Kier alpha value is -4.64. The van der Waals surface area contributed by atoms with Crippen LogP contribution in [0.25, 0.3) is 33.2 Å². The van der Waals surface area contributed by atoms with E-state index in [2.05, 4.69) is 28.2 Å². The lowest BCUT2D eigenvalue weighted by molar-refractivity contribution is 0.460. The molecule has 6 aromatic rings. The Kier molecular flexibility index (Phi) is 4.92. The van der Waals surface area contributed by atoms with E-state index in [0.29, 0.717) is 0 Å². The molecule has 5 heteroatoms. The number of pyridine rings is 1. The fourth-order valence-corrected chi connectivity index (χ4v) is 4.34. The minimum atomic E-state index is -0.0249. The van der Waals surface area contributed by atoms with E-state index in [4.69, 9.17) is 9.72 Å². The Morgan fingerprint density at radius 3 is 2.47 bits per heavy atom. The van der Waals surface area contributed by atoms with Gasteiger partial charge in [0, 0.05) is 29.1 Å². The Balaban J connectivity index is 0.000000166. The summed E-state index contributed by atoms with van der Waals surface area (Å²) in [7, 11) is 0. The summed E-state index contributed by atoms with van der Waals surface area (Å²) in [6, 6.07) is 31.8. The van der Waals surface area contributed by atoms with Crippen molar-refractivity contribution in [2.45, 2.75) is 6.42 Å². The van der Waals surface area contributed by atoms with Crippen LogP contribution in [0, 0.1) is 0 Å². The van der Waals surface area contributed by atoms with Gasteiger partial charge in [0.15, 0.2) is 0 Å². The van der Waals surface area contributed by atoms with Crippen LogP contribution in [0.3, 0.4) is 0 Å². The van der Waals surface area contributed by atoms with Crippen LogP contribution in [0.2, 0.25) is 0 Å². The molecule has 34 heavy (non-hydrogen) atoms. The largest absolute Gasteiger partial charge is 0.457 e. The van der Waals surface area contributed by atoms with Gasteiger partial charge in [-0.2, -0.15) is 0 Å². The second kappa shape index (κ2) is 8.37. The molecule has 0 radical (unpaired) electrons. The van der Waals surface area contributed by atoms with Gasteiger partial charge in [0.1, 0.15) is 17.3 Å². The number of imidazole rings is 1. The third kappa shape index (κ3) is 3.63. The van der Waals surface area contributed by atoms with Crippen molar-refractivity contribution < 1.29 is 4.74 Å². The zero-order chi connectivity index (χ0) is 22.9. The quantitative estimate of drug-likeness (QED) is 0.306. The van der Waals surface area contributed by atoms with Gasteiger partial charge in [-0.05, 0) is 47.3 Å². The Morgan fingerprint density at radius 2 is 1.56 bits per heavy atom. The Morgan fingerprint density at radius 1 is 0.765 bits per heavy atom. The molecule has 1 aliphatic heterocycles. The molecular weight excluding hydrogens is 422 g/mol. The lowest BCUT2D eigenvalue weighted by Gasteiger charge is -2.21. The topological polar surface area (TPSA) is 70.8 Å². The molecule has 7 rings (SSSR count). The first-order chi connectivity index (χ1) is 16.8. The van der Waals surface area contributed by atoms with Crippen LogP contribution >= 0.6 is 0 Å². The summed E-state index contributed by atoms with van der Waals surface area (Å²) >= 11 is 0. The van der Waals surface area contributed by atoms with E-state index in [9.17, 15) is 4.79 Å². The number of hydrogen-bond acceptors (Lipinski definition) is 3. The van der Waals surface area contributed by atoms with Crippen molar-refractivity contribution in [2.24, 2.45) is 0 Å². The second-order valence-electron chi connectivity index (χ2n) is 8.17. The summed E-state index contributed by atoms with van der Waals surface area (Å²) in [5.41, 5.74) is 5.51. The van der Waals surface area contributed by atoms with Gasteiger partial charge in [-0.15, -0.1) is 0 Å². The van der Waals surface area contributed by atoms with Gasteiger partial charge >= 0.3 is 0 Å². The number of ether oxygens (including phenoxy) is 1. The number of H-pyrrole nitrogens is 2. The summed E-state index contributed by atoms with van der Waals surface area (Å²) in [6.45, 7) is 0. The first-order valence-electron chi connectivity index (χ1n) is 11.2. The van der Waals surface area contributed by atoms with Crippen molar-refractivity contribution >= 4 is 21.8 Å². The van der Waals surface area contributed by atoms with Gasteiger partial charge in [0.25, 0.3) is 5.56 Å². The summed E-state index contributed by atoms with van der Waals surface area (Å²) in [5, 5.41) is 1.73. The molecular formula is C29H21N3O2. The van der Waals surface area contributed by atoms with E-state index in [0.717, 1.165) is 51.1 Å². The van der Waals surface area contributed by atoms with Gasteiger partial charge in [0.2, 0.25) is 0 Å². The van der Waals surface area contributed by atoms with E-state index in [1.165, 1.54) is 11.1 Å². The molecule has 4 aromatic carbocycles. The van der Waals surface area contributed by atoms with Crippen molar-refractivity contribution in [1.29, 1.82) is 0 Å². The number of aromatic amines is 2. The Labute approximate surface area is 195 Å². The predicted octanol–water partition coefficient (Wildman–Crippen LogP) is 6.45. The number of aromatic nitrogens is 3. The maximum atomic E-state index is 11.1. The highest BCUT2D eigenvalue weighted by Crippen LogP contribution is 2.40. The minimum absolute atomic E-state index is 0.0249. The van der Waals surface area contributed by atoms with Crippen LogP contribution in [-0.4, -0.2) is 15.0 Å². The normalized spacial score (nSPS) is 11.8. The lowest BCUT2D eigenvalue weighted by Crippen LogP contribution is -2.04. The zero-order valence-corrected chi connectivity index (χ0v) is 18.3. The third-order valence-corrected chi connectivity index (χ3v) is 6.02. The number of rotatable bonds is 1. The standard InChI is InChI=1S/C20H14N2O.C9H7NO/c1-4-10-18-13(6-1)12-15-14(7-5-11-19(15)23-18)20-21-16-8-2-3-9-17(16)22-20;11-9-8-4-2-1-3-7(8)5-6-10-9/h1-11H,12H2,(H,21,22);1-6H,(H,10,11). The van der Waals surface area contributed by atoms with Gasteiger partial charge < -0.3 is 14.7 Å². The smallest absolute Gasteiger partial charge is 0.255 e. The molecule has 2 N–H and O–H groups in total. The SMILES string of the molecule is O=c1[nH]ccc2ccccc12.c1ccc2c(c1)Cc1c(cccc1-c1nc3ccccc3[nH]1)O2. The van der Waals surface area contributed by atoms with Gasteiger partial charge in [-0.1, -0.05) is 60.7 Å². The molecule has 0 bridgehead atoms. The number of nitrogens with one attached hydrogen (secondary N) is 2. The average Bonchev–Trinajstić information content (AvgIpc) is 3.32. The van der Waals surface area contributed by atoms with Gasteiger partial charge in [0.05, 0.1) is 11.0 Å². The molecule has 0 saturated carbocycles. The second-order valence-corrected chi connectivity index (χ2v) is 8.17. The van der Waals surface area contributed by atoms with Crippen LogP contribution in [0.4, 0.5) is 0 Å². The molecule has 3 heterocycles. The Bertz CT molecular complexity index is 1660. The van der Waals surface area contributed by atoms with Crippen molar-refractivity contribution in [3.8, 4) is 22.9 Å². The van der Waals surface area contributed by atoms with E-state index < -0.39 is 0 Å². The van der Waals surface area contributed by atoms with Crippen molar-refractivity contribution in [1.82, 2.24) is 15.0 Å². The molecule has 2 aromatic heterocycles. The van der Waals surface area contributed by atoms with Gasteiger partial charge in [-0.25, -0.2) is 4.98 Å². The van der Waals surface area contributed by atoms with E-state index in [-0.39, 0.29) is 5.56 Å². The van der Waals surface area contributed by atoms with E-state index in [1.54, 1.807) is 6.20 Å². The molecule has 1 aliphatic rings. The lowest BCUT2D eigenvalue weighted by atomic mass is 9.95. The maximum Gasteiger partial charge on any atom is 0.255 e. The average molecular weight is 444 g/mol. The highest BCUT2D eigenvalue weighted by atomic mass is 16.5. The molecule has 0 amide bonds. The number of para-hydroxylation sites is 3. The summed E-state index contributed by atoms with van der Waals surface area (Å²) in [6.07, 6.45) is 2.52. The summed E-state index contributed by atoms with van der Waals surface area (Å²) in [4.78, 5) is 21.9. The first kappa shape index (κ1) is 20.0.